The molecule has 1 aliphatic carbocycles. The number of hydrogen-bond donors (Lipinski definition) is 2. The number of halogens is 2. The summed E-state index contributed by atoms with van der Waals surface area (Å²) < 4.78 is 60.0. The van der Waals surface area contributed by atoms with Crippen molar-refractivity contribution in [2.75, 3.05) is 48.9 Å². The van der Waals surface area contributed by atoms with E-state index < -0.39 is 21.2 Å². The van der Waals surface area contributed by atoms with Gasteiger partial charge in [0, 0.05) is 30.4 Å². The molecule has 13 heteroatoms. The van der Waals surface area contributed by atoms with E-state index in [1.165, 1.54) is 0 Å². The first-order chi connectivity index (χ1) is 18.1. The molecule has 1 atom stereocenters. The second-order valence-electron chi connectivity index (χ2n) is 9.41. The summed E-state index contributed by atoms with van der Waals surface area (Å²) in [6, 6.07) is 8.43. The Hall–Kier alpha value is -2.90. The lowest BCUT2D eigenvalue weighted by Gasteiger charge is -2.34. The van der Waals surface area contributed by atoms with E-state index in [9.17, 15) is 22.0 Å². The van der Waals surface area contributed by atoms with E-state index in [-0.39, 0.29) is 30.9 Å². The molecule has 1 saturated carbocycles. The summed E-state index contributed by atoms with van der Waals surface area (Å²) in [7, 11) is -3.70. The van der Waals surface area contributed by atoms with Gasteiger partial charge in [0.2, 0.25) is 0 Å². The van der Waals surface area contributed by atoms with Gasteiger partial charge < -0.3 is 25.0 Å². The molecule has 208 valence electrons. The molecule has 0 spiro atoms. The summed E-state index contributed by atoms with van der Waals surface area (Å²) in [4.78, 5) is 23.4. The predicted octanol–water partition coefficient (Wildman–Crippen LogP) is 3.54. The van der Waals surface area contributed by atoms with E-state index >= 15 is 0 Å². The van der Waals surface area contributed by atoms with Crippen LogP contribution in [0.25, 0.3) is 11.4 Å². The van der Waals surface area contributed by atoms with Crippen LogP contribution in [0.2, 0.25) is 0 Å². The third kappa shape index (κ3) is 6.38. The number of amides is 2. The Kier molecular flexibility index (Phi) is 8.78. The third-order valence-corrected chi connectivity index (χ3v) is 9.31. The van der Waals surface area contributed by atoms with E-state index in [4.69, 9.17) is 14.7 Å². The number of rotatable bonds is 11. The fraction of sp³-hybridized carbons (Fsp3) is 0.560. The van der Waals surface area contributed by atoms with Gasteiger partial charge in [-0.05, 0) is 57.4 Å². The van der Waals surface area contributed by atoms with E-state index in [1.807, 2.05) is 13.8 Å². The lowest BCUT2D eigenvalue weighted by atomic mass is 10.1. The van der Waals surface area contributed by atoms with Crippen LogP contribution in [0.1, 0.15) is 38.8 Å². The quantitative estimate of drug-likeness (QED) is 0.405. The molecule has 4 rings (SSSR count). The van der Waals surface area contributed by atoms with Gasteiger partial charge in [0.1, 0.15) is 10.6 Å². The van der Waals surface area contributed by atoms with Crippen molar-refractivity contribution in [1.82, 2.24) is 15.3 Å². The number of nitrogens with one attached hydrogen (secondary N) is 2. The Morgan fingerprint density at radius 3 is 2.63 bits per heavy atom. The average Bonchev–Trinajstić information content (AvgIpc) is 3.70. The standard InChI is InChI=1S/C25H33F2N5O5S/c1-3-28-24(33)29-19-7-5-18(6-8-19)22-30-20(15-21(31-22)32-11-13-36-16-17(32)2)25(9-10-25)38(34,35)14-4-12-37-23(26)27/h5-8,15,17,23H,3-4,9-14,16H2,1-2H3,(H2,28,29,33)/t17-/m0/s1. The van der Waals surface area contributed by atoms with Gasteiger partial charge in [-0.2, -0.15) is 8.78 Å². The SMILES string of the molecule is CCNC(=O)Nc1ccc(-c2nc(N3CCOC[C@@H]3C)cc(C3(S(=O)(=O)CCCOC(F)F)CC3)n2)cc1. The number of urea groups is 1. The molecular formula is C25H33F2N5O5S. The van der Waals surface area contributed by atoms with Crippen LogP contribution >= 0.6 is 0 Å². The minimum Gasteiger partial charge on any atom is -0.377 e. The van der Waals surface area contributed by atoms with E-state index in [2.05, 4.69) is 20.3 Å². The normalized spacial score (nSPS) is 18.9. The number of alkyl halides is 2. The van der Waals surface area contributed by atoms with Gasteiger partial charge in [-0.15, -0.1) is 0 Å². The molecule has 2 fully saturated rings. The zero-order valence-corrected chi connectivity index (χ0v) is 22.3. The summed E-state index contributed by atoms with van der Waals surface area (Å²) >= 11 is 0. The molecule has 10 nitrogen and oxygen atoms in total. The highest BCUT2D eigenvalue weighted by molar-refractivity contribution is 7.92. The minimum atomic E-state index is -3.70. The van der Waals surface area contributed by atoms with Gasteiger partial charge in [0.05, 0.1) is 37.3 Å². The van der Waals surface area contributed by atoms with Crippen molar-refractivity contribution in [1.29, 1.82) is 0 Å². The maximum atomic E-state index is 13.4. The first kappa shape index (κ1) is 28.1. The topological polar surface area (TPSA) is 123 Å². The Bertz CT molecular complexity index is 1230. The highest BCUT2D eigenvalue weighted by Gasteiger charge is 2.57. The number of benzene rings is 1. The molecule has 2 amide bonds. The van der Waals surface area contributed by atoms with Gasteiger partial charge in [0.25, 0.3) is 0 Å². The fourth-order valence-electron chi connectivity index (χ4n) is 4.51. The number of aromatic nitrogens is 2. The number of nitrogens with zero attached hydrogens (tertiary/aromatic N) is 3. The van der Waals surface area contributed by atoms with Crippen LogP contribution < -0.4 is 15.5 Å². The van der Waals surface area contributed by atoms with Crippen molar-refractivity contribution in [2.24, 2.45) is 0 Å². The Morgan fingerprint density at radius 1 is 1.26 bits per heavy atom. The van der Waals surface area contributed by atoms with Crippen molar-refractivity contribution >= 4 is 27.4 Å². The molecule has 0 bridgehead atoms. The second kappa shape index (κ2) is 11.9. The molecule has 1 saturated heterocycles. The van der Waals surface area contributed by atoms with Crippen LogP contribution in [0, 0.1) is 0 Å². The third-order valence-electron chi connectivity index (χ3n) is 6.68. The number of carbonyl (C=O) groups excluding carboxylic acids is 1. The van der Waals surface area contributed by atoms with E-state index in [0.29, 0.717) is 67.7 Å². The number of hydrogen-bond acceptors (Lipinski definition) is 8. The molecule has 1 aliphatic heterocycles. The summed E-state index contributed by atoms with van der Waals surface area (Å²) in [5.41, 5.74) is 1.65. The summed E-state index contributed by atoms with van der Waals surface area (Å²) in [5.74, 6) is 0.693. The lowest BCUT2D eigenvalue weighted by Crippen LogP contribution is -2.44. The molecular weight excluding hydrogens is 520 g/mol. The van der Waals surface area contributed by atoms with E-state index in [1.54, 1.807) is 30.3 Å². The maximum Gasteiger partial charge on any atom is 0.345 e. The Morgan fingerprint density at radius 2 is 2.00 bits per heavy atom. The molecule has 2 N–H and O–H groups in total. The van der Waals surface area contributed by atoms with Gasteiger partial charge in [-0.25, -0.2) is 23.2 Å². The molecule has 0 radical (unpaired) electrons. The molecule has 1 aromatic heterocycles. The zero-order chi connectivity index (χ0) is 27.3. The van der Waals surface area contributed by atoms with Crippen molar-refractivity contribution in [3.8, 4) is 11.4 Å². The molecule has 2 aliphatic rings. The predicted molar refractivity (Wildman–Crippen MR) is 139 cm³/mol. The molecule has 38 heavy (non-hydrogen) atoms. The molecule has 2 aromatic rings. The van der Waals surface area contributed by atoms with Gasteiger partial charge in [-0.1, -0.05) is 0 Å². The van der Waals surface area contributed by atoms with Crippen LogP contribution in [0.15, 0.2) is 30.3 Å². The number of sulfone groups is 1. The number of morpholine rings is 1. The first-order valence-corrected chi connectivity index (χ1v) is 14.3. The van der Waals surface area contributed by atoms with Crippen molar-refractivity contribution in [3.05, 3.63) is 36.0 Å². The number of ether oxygens (including phenoxy) is 2. The van der Waals surface area contributed by atoms with Crippen LogP contribution in [0.5, 0.6) is 0 Å². The van der Waals surface area contributed by atoms with Crippen LogP contribution in [-0.4, -0.2) is 75.7 Å². The fourth-order valence-corrected chi connectivity index (χ4v) is 6.54. The Labute approximate surface area is 221 Å². The highest BCUT2D eigenvalue weighted by Crippen LogP contribution is 2.53. The van der Waals surface area contributed by atoms with Crippen LogP contribution in [-0.2, 0) is 24.1 Å². The highest BCUT2D eigenvalue weighted by atomic mass is 32.2. The number of carbonyl (C=O) groups is 1. The average molecular weight is 554 g/mol. The molecule has 1 aromatic carbocycles. The lowest BCUT2D eigenvalue weighted by molar-refractivity contribution is -0.128. The van der Waals surface area contributed by atoms with Crippen molar-refractivity contribution in [2.45, 2.75) is 50.5 Å². The van der Waals surface area contributed by atoms with Crippen LogP contribution in [0.3, 0.4) is 0 Å². The van der Waals surface area contributed by atoms with Crippen molar-refractivity contribution < 1.29 is 31.5 Å². The summed E-state index contributed by atoms with van der Waals surface area (Å²) in [6.45, 7) is 2.69. The van der Waals surface area contributed by atoms with Crippen LogP contribution in [0.4, 0.5) is 25.1 Å². The second-order valence-corrected chi connectivity index (χ2v) is 11.8. The summed E-state index contributed by atoms with van der Waals surface area (Å²) in [5, 5.41) is 5.40. The zero-order valence-electron chi connectivity index (χ0n) is 21.5. The smallest absolute Gasteiger partial charge is 0.345 e. The minimum absolute atomic E-state index is 0.0280. The van der Waals surface area contributed by atoms with Gasteiger partial charge in [0.15, 0.2) is 15.7 Å². The monoisotopic (exact) mass is 553 g/mol. The van der Waals surface area contributed by atoms with Gasteiger partial charge >= 0.3 is 12.6 Å². The molecule has 2 heterocycles. The van der Waals surface area contributed by atoms with E-state index in [0.717, 1.165) is 0 Å². The Balaban J connectivity index is 1.66. The van der Waals surface area contributed by atoms with Gasteiger partial charge in [-0.3, -0.25) is 0 Å². The largest absolute Gasteiger partial charge is 0.377 e. The van der Waals surface area contributed by atoms with Crippen molar-refractivity contribution in [3.63, 3.8) is 0 Å². The maximum absolute atomic E-state index is 13.4. The first-order valence-electron chi connectivity index (χ1n) is 12.7. The molecule has 0 unspecified atom stereocenters. The summed E-state index contributed by atoms with van der Waals surface area (Å²) in [6.07, 6.45) is 0.768. The number of anilines is 2.